The zero-order valence-electron chi connectivity index (χ0n) is 15.3. The van der Waals surface area contributed by atoms with Gasteiger partial charge in [0.2, 0.25) is 0 Å². The molecule has 1 aromatic heterocycles. The second-order valence-corrected chi connectivity index (χ2v) is 6.42. The fraction of sp³-hybridized carbons (Fsp3) is 0.273. The highest BCUT2D eigenvalue weighted by Gasteiger charge is 2.11. The molecule has 0 saturated heterocycles. The molecule has 0 aliphatic rings. The van der Waals surface area contributed by atoms with Crippen molar-refractivity contribution < 1.29 is 4.79 Å². The summed E-state index contributed by atoms with van der Waals surface area (Å²) in [6.07, 6.45) is 2.79. The van der Waals surface area contributed by atoms with Crippen molar-refractivity contribution in [2.24, 2.45) is 0 Å². The van der Waals surface area contributed by atoms with Crippen LogP contribution in [0.25, 0.3) is 10.9 Å². The van der Waals surface area contributed by atoms with Crippen molar-refractivity contribution in [3.05, 3.63) is 81.1 Å². The molecule has 2 N–H and O–H groups in total. The number of carbonyl (C=O) groups is 1. The summed E-state index contributed by atoms with van der Waals surface area (Å²) in [5.41, 5.74) is 4.47. The van der Waals surface area contributed by atoms with E-state index in [-0.39, 0.29) is 17.0 Å². The first-order valence-corrected chi connectivity index (χ1v) is 9.13. The van der Waals surface area contributed by atoms with Crippen LogP contribution in [-0.2, 0) is 19.3 Å². The first-order valence-electron chi connectivity index (χ1n) is 9.13. The maximum Gasteiger partial charge on any atom is 0.261 e. The maximum absolute atomic E-state index is 12.4. The molecule has 3 aromatic rings. The van der Waals surface area contributed by atoms with E-state index >= 15 is 0 Å². The molecular formula is C22H24N2O2. The van der Waals surface area contributed by atoms with Crippen LogP contribution in [0.2, 0.25) is 0 Å². The number of para-hydroxylation sites is 1. The van der Waals surface area contributed by atoms with Gasteiger partial charge in [-0.1, -0.05) is 50.2 Å². The van der Waals surface area contributed by atoms with Crippen molar-refractivity contribution in [3.63, 3.8) is 0 Å². The number of nitrogens with one attached hydrogen (secondary N) is 2. The van der Waals surface area contributed by atoms with Crippen LogP contribution < -0.4 is 10.9 Å². The first-order chi connectivity index (χ1) is 12.6. The normalized spacial score (nSPS) is 10.8. The number of fused-ring (bicyclic) bond motifs is 1. The van der Waals surface area contributed by atoms with Crippen LogP contribution in [0, 0.1) is 0 Å². The smallest absolute Gasteiger partial charge is 0.261 e. The maximum atomic E-state index is 12.4. The number of pyridine rings is 1. The molecule has 0 bridgehead atoms. The summed E-state index contributed by atoms with van der Waals surface area (Å²) in [7, 11) is 0. The number of benzene rings is 2. The lowest BCUT2D eigenvalue weighted by Crippen LogP contribution is -2.31. The molecular weight excluding hydrogens is 324 g/mol. The third-order valence-electron chi connectivity index (χ3n) is 4.73. The van der Waals surface area contributed by atoms with Crippen LogP contribution in [0.1, 0.15) is 40.9 Å². The van der Waals surface area contributed by atoms with Gasteiger partial charge in [0.1, 0.15) is 5.56 Å². The minimum atomic E-state index is -0.359. The highest BCUT2D eigenvalue weighted by atomic mass is 16.2. The second-order valence-electron chi connectivity index (χ2n) is 6.42. The Kier molecular flexibility index (Phi) is 5.52. The molecule has 3 rings (SSSR count). The molecule has 0 saturated carbocycles. The molecule has 2 aromatic carbocycles. The van der Waals surface area contributed by atoms with Gasteiger partial charge in [0.25, 0.3) is 11.5 Å². The highest BCUT2D eigenvalue weighted by Crippen LogP contribution is 2.14. The predicted molar refractivity (Wildman–Crippen MR) is 106 cm³/mol. The lowest BCUT2D eigenvalue weighted by atomic mass is 9.99. The van der Waals surface area contributed by atoms with Crippen molar-refractivity contribution in [1.29, 1.82) is 0 Å². The van der Waals surface area contributed by atoms with Crippen molar-refractivity contribution in [2.45, 2.75) is 33.1 Å². The van der Waals surface area contributed by atoms with E-state index in [4.69, 9.17) is 0 Å². The van der Waals surface area contributed by atoms with Crippen molar-refractivity contribution in [3.8, 4) is 0 Å². The summed E-state index contributed by atoms with van der Waals surface area (Å²) in [5, 5.41) is 3.71. The standard InChI is InChI=1S/C22H24N2O2/c1-3-16-10-9-15(13-17(16)4-2)11-12-23-21(25)19-14-18-7-5-6-8-20(18)24-22(19)26/h5-10,13-14H,3-4,11-12H2,1-2H3,(H,23,25)(H,24,26). The summed E-state index contributed by atoms with van der Waals surface area (Å²) in [5.74, 6) is -0.335. The molecule has 1 heterocycles. The summed E-state index contributed by atoms with van der Waals surface area (Å²) in [6.45, 7) is 4.82. The highest BCUT2D eigenvalue weighted by molar-refractivity contribution is 5.97. The largest absolute Gasteiger partial charge is 0.352 e. The van der Waals surface area contributed by atoms with Crippen LogP contribution in [0.5, 0.6) is 0 Å². The van der Waals surface area contributed by atoms with Gasteiger partial charge in [-0.2, -0.15) is 0 Å². The lowest BCUT2D eigenvalue weighted by Gasteiger charge is -2.10. The Balaban J connectivity index is 1.68. The van der Waals surface area contributed by atoms with Gasteiger partial charge >= 0.3 is 0 Å². The molecule has 26 heavy (non-hydrogen) atoms. The van der Waals surface area contributed by atoms with Crippen LogP contribution in [-0.4, -0.2) is 17.4 Å². The molecule has 0 radical (unpaired) electrons. The zero-order chi connectivity index (χ0) is 18.5. The van der Waals surface area contributed by atoms with Crippen LogP contribution in [0.3, 0.4) is 0 Å². The van der Waals surface area contributed by atoms with Crippen molar-refractivity contribution >= 4 is 16.8 Å². The average Bonchev–Trinajstić information content (AvgIpc) is 2.67. The number of carbonyl (C=O) groups excluding carboxylic acids is 1. The van der Waals surface area contributed by atoms with Gasteiger partial charge in [0.05, 0.1) is 0 Å². The van der Waals surface area contributed by atoms with Gasteiger partial charge in [-0.05, 0) is 53.5 Å². The average molecular weight is 348 g/mol. The molecule has 0 spiro atoms. The molecule has 0 fully saturated rings. The topological polar surface area (TPSA) is 62.0 Å². The molecule has 134 valence electrons. The van der Waals surface area contributed by atoms with Crippen LogP contribution in [0.15, 0.2) is 53.3 Å². The van der Waals surface area contributed by atoms with Crippen molar-refractivity contribution in [2.75, 3.05) is 6.54 Å². The number of hydrogen-bond acceptors (Lipinski definition) is 2. The number of amides is 1. The molecule has 4 heteroatoms. The van der Waals surface area contributed by atoms with Gasteiger partial charge in [-0.15, -0.1) is 0 Å². The molecule has 0 unspecified atom stereocenters. The fourth-order valence-corrected chi connectivity index (χ4v) is 3.24. The predicted octanol–water partition coefficient (Wildman–Crippen LogP) is 3.63. The number of aromatic amines is 1. The van der Waals surface area contributed by atoms with Crippen molar-refractivity contribution in [1.82, 2.24) is 10.3 Å². The minimum Gasteiger partial charge on any atom is -0.352 e. The molecule has 0 aliphatic heterocycles. The summed E-state index contributed by atoms with van der Waals surface area (Å²) in [6, 6.07) is 15.6. The van der Waals surface area contributed by atoms with E-state index in [2.05, 4.69) is 42.3 Å². The fourth-order valence-electron chi connectivity index (χ4n) is 3.24. The molecule has 4 nitrogen and oxygen atoms in total. The zero-order valence-corrected chi connectivity index (χ0v) is 15.3. The first kappa shape index (κ1) is 17.9. The summed E-state index contributed by atoms with van der Waals surface area (Å²) < 4.78 is 0. The van der Waals surface area contributed by atoms with Gasteiger partial charge in [-0.3, -0.25) is 9.59 Å². The summed E-state index contributed by atoms with van der Waals surface area (Å²) >= 11 is 0. The Morgan fingerprint density at radius 2 is 1.77 bits per heavy atom. The van der Waals surface area contributed by atoms with E-state index in [1.807, 2.05) is 24.3 Å². The van der Waals surface area contributed by atoms with Gasteiger partial charge in [-0.25, -0.2) is 0 Å². The third-order valence-corrected chi connectivity index (χ3v) is 4.73. The van der Waals surface area contributed by atoms with E-state index in [0.717, 1.165) is 30.2 Å². The second kappa shape index (κ2) is 8.00. The van der Waals surface area contributed by atoms with Gasteiger partial charge in [0.15, 0.2) is 0 Å². The van der Waals surface area contributed by atoms with Gasteiger partial charge < -0.3 is 10.3 Å². The third kappa shape index (κ3) is 3.85. The van der Waals surface area contributed by atoms with Gasteiger partial charge in [0, 0.05) is 12.1 Å². The lowest BCUT2D eigenvalue weighted by molar-refractivity contribution is 0.0953. The number of aromatic nitrogens is 1. The van der Waals surface area contributed by atoms with E-state index in [9.17, 15) is 9.59 Å². The monoisotopic (exact) mass is 348 g/mol. The number of aryl methyl sites for hydroxylation is 2. The molecule has 0 aliphatic carbocycles. The number of H-pyrrole nitrogens is 1. The van der Waals surface area contributed by atoms with E-state index in [1.54, 1.807) is 6.07 Å². The minimum absolute atomic E-state index is 0.152. The van der Waals surface area contributed by atoms with E-state index in [1.165, 1.54) is 16.7 Å². The summed E-state index contributed by atoms with van der Waals surface area (Å²) in [4.78, 5) is 27.3. The van der Waals surface area contributed by atoms with Crippen LogP contribution in [0.4, 0.5) is 0 Å². The Labute approximate surface area is 153 Å². The Morgan fingerprint density at radius 1 is 1.00 bits per heavy atom. The number of hydrogen-bond donors (Lipinski definition) is 2. The van der Waals surface area contributed by atoms with Crippen LogP contribution >= 0.6 is 0 Å². The molecule has 0 atom stereocenters. The Morgan fingerprint density at radius 3 is 2.54 bits per heavy atom. The Hall–Kier alpha value is -2.88. The quantitative estimate of drug-likeness (QED) is 0.715. The SMILES string of the molecule is CCc1ccc(CCNC(=O)c2cc3ccccc3[nH]c2=O)cc1CC. The van der Waals surface area contributed by atoms with E-state index < -0.39 is 0 Å². The Bertz CT molecular complexity index is 989. The molecule has 1 amide bonds. The van der Waals surface area contributed by atoms with E-state index in [0.29, 0.717) is 6.54 Å². The number of rotatable bonds is 6.